The first-order chi connectivity index (χ1) is 16.5. The van der Waals surface area contributed by atoms with E-state index in [1.165, 1.54) is 5.56 Å². The zero-order chi connectivity index (χ0) is 25.2. The van der Waals surface area contributed by atoms with Crippen LogP contribution < -0.4 is 4.72 Å². The van der Waals surface area contributed by atoms with Gasteiger partial charge in [0.05, 0.1) is 4.90 Å². The van der Waals surface area contributed by atoms with Gasteiger partial charge in [-0.15, -0.1) is 0 Å². The monoisotopic (exact) mass is 496 g/mol. The topological polar surface area (TPSA) is 86.7 Å². The second kappa shape index (κ2) is 8.34. The molecule has 2 aromatic carbocycles. The number of carbonyl (C=O) groups excluding carboxylic acids is 1. The van der Waals surface area contributed by atoms with Crippen molar-refractivity contribution < 1.29 is 18.3 Å². The zero-order valence-corrected chi connectivity index (χ0v) is 21.9. The second-order valence-electron chi connectivity index (χ2n) is 11.5. The molecule has 5 rings (SSSR count). The van der Waals surface area contributed by atoms with Gasteiger partial charge in [-0.05, 0) is 73.3 Å². The summed E-state index contributed by atoms with van der Waals surface area (Å²) in [6.07, 6.45) is 3.35. The van der Waals surface area contributed by atoms with Crippen molar-refractivity contribution in [2.24, 2.45) is 11.3 Å². The van der Waals surface area contributed by atoms with Crippen LogP contribution in [-0.4, -0.2) is 43.0 Å². The van der Waals surface area contributed by atoms with E-state index < -0.39 is 10.0 Å². The molecule has 35 heavy (non-hydrogen) atoms. The molecule has 188 valence electrons. The molecule has 2 aromatic rings. The molecule has 0 aromatic heterocycles. The van der Waals surface area contributed by atoms with E-state index in [1.54, 1.807) is 31.2 Å². The number of amides is 1. The van der Waals surface area contributed by atoms with Gasteiger partial charge in [0.2, 0.25) is 15.9 Å². The van der Waals surface area contributed by atoms with Crippen molar-refractivity contribution in [1.29, 1.82) is 0 Å². The lowest BCUT2D eigenvalue weighted by Crippen LogP contribution is -2.65. The Morgan fingerprint density at radius 3 is 2.57 bits per heavy atom. The van der Waals surface area contributed by atoms with E-state index >= 15 is 0 Å². The molecule has 6 nitrogen and oxygen atoms in total. The Bertz CT molecular complexity index is 1270. The summed E-state index contributed by atoms with van der Waals surface area (Å²) < 4.78 is 28.8. The Kier molecular flexibility index (Phi) is 5.80. The van der Waals surface area contributed by atoms with Gasteiger partial charge in [-0.2, -0.15) is 0 Å². The van der Waals surface area contributed by atoms with Gasteiger partial charge in [0.15, 0.2) is 0 Å². The first-order valence-corrected chi connectivity index (χ1v) is 14.1. The van der Waals surface area contributed by atoms with E-state index in [0.29, 0.717) is 48.4 Å². The van der Waals surface area contributed by atoms with Crippen molar-refractivity contribution in [1.82, 2.24) is 9.62 Å². The molecule has 0 spiro atoms. The summed E-state index contributed by atoms with van der Waals surface area (Å²) in [7, 11) is -3.63. The number of aromatic hydroxyl groups is 1. The van der Waals surface area contributed by atoms with E-state index in [9.17, 15) is 18.3 Å². The summed E-state index contributed by atoms with van der Waals surface area (Å²) in [5.41, 5.74) is 2.61. The van der Waals surface area contributed by atoms with E-state index in [0.717, 1.165) is 12.0 Å². The second-order valence-corrected chi connectivity index (χ2v) is 13.1. The first kappa shape index (κ1) is 24.3. The number of carbonyl (C=O) groups is 1. The minimum atomic E-state index is -3.63. The van der Waals surface area contributed by atoms with Crippen LogP contribution in [0.2, 0.25) is 0 Å². The molecule has 1 unspecified atom stereocenters. The molecule has 4 atom stereocenters. The van der Waals surface area contributed by atoms with Crippen molar-refractivity contribution in [2.75, 3.05) is 6.54 Å². The third-order valence-corrected chi connectivity index (χ3v) is 11.1. The van der Waals surface area contributed by atoms with Crippen LogP contribution in [0.15, 0.2) is 47.4 Å². The van der Waals surface area contributed by atoms with E-state index in [1.807, 2.05) is 17.0 Å². The third-order valence-electron chi connectivity index (χ3n) is 9.40. The summed E-state index contributed by atoms with van der Waals surface area (Å²) in [5, 5.41) is 10.6. The maximum atomic E-state index is 13.8. The molecule has 0 radical (unpaired) electrons. The highest BCUT2D eigenvalue weighted by Crippen LogP contribution is 2.57. The number of hydrogen-bond donors (Lipinski definition) is 2. The highest BCUT2D eigenvalue weighted by atomic mass is 32.2. The van der Waals surface area contributed by atoms with Gasteiger partial charge in [-0.1, -0.05) is 51.1 Å². The predicted molar refractivity (Wildman–Crippen MR) is 136 cm³/mol. The van der Waals surface area contributed by atoms with Crippen LogP contribution in [0.1, 0.15) is 63.1 Å². The molecule has 7 heteroatoms. The van der Waals surface area contributed by atoms with Crippen molar-refractivity contribution in [3.05, 3.63) is 59.2 Å². The molecule has 2 N–H and O–H groups in total. The minimum Gasteiger partial charge on any atom is -0.508 e. The lowest BCUT2D eigenvalue weighted by atomic mass is 9.51. The fraction of sp³-hybridized carbons (Fsp3) is 0.536. The molecule has 1 saturated heterocycles. The molecule has 3 aliphatic rings. The van der Waals surface area contributed by atoms with E-state index in [4.69, 9.17) is 0 Å². The predicted octanol–water partition coefficient (Wildman–Crippen LogP) is 4.29. The van der Waals surface area contributed by atoms with E-state index in [2.05, 4.69) is 31.6 Å². The van der Waals surface area contributed by atoms with Gasteiger partial charge in [0.25, 0.3) is 0 Å². The number of phenolic OH excluding ortho intramolecular Hbond substituents is 1. The molecule has 1 amide bonds. The number of sulfonamides is 1. The molecule has 2 bridgehead atoms. The summed E-state index contributed by atoms with van der Waals surface area (Å²) in [4.78, 5) is 16.2. The lowest BCUT2D eigenvalue weighted by Gasteiger charge is -2.61. The summed E-state index contributed by atoms with van der Waals surface area (Å²) >= 11 is 0. The number of likely N-dealkylation sites (tertiary alicyclic amines) is 1. The third kappa shape index (κ3) is 3.78. The zero-order valence-electron chi connectivity index (χ0n) is 21.0. The maximum Gasteiger partial charge on any atom is 0.241 e. The Balaban J connectivity index is 1.34. The molecule has 2 aliphatic carbocycles. The molecule has 1 heterocycles. The highest BCUT2D eigenvalue weighted by Gasteiger charge is 2.57. The smallest absolute Gasteiger partial charge is 0.241 e. The standard InChI is InChI=1S/C28H36N2O4S/c1-18-8-5-6-11-24(18)35(33,34)29-20-13-12-19(16-20)26(32)30-15-14-28(4)22-9-7-10-23(31)21(22)17-25(30)27(28,2)3/h5-11,19-20,25,29,31H,12-17H2,1-4H3/t19-,20?,25-,28+/m1/s1. The molecular weight excluding hydrogens is 460 g/mol. The Morgan fingerprint density at radius 2 is 1.83 bits per heavy atom. The Labute approximate surface area is 208 Å². The van der Waals surface area contributed by atoms with Crippen molar-refractivity contribution >= 4 is 15.9 Å². The quantitative estimate of drug-likeness (QED) is 0.661. The van der Waals surface area contributed by atoms with Crippen molar-refractivity contribution in [2.45, 2.75) is 82.2 Å². The number of nitrogens with one attached hydrogen (secondary N) is 1. The Morgan fingerprint density at radius 1 is 1.09 bits per heavy atom. The molecule has 1 aliphatic heterocycles. The van der Waals surface area contributed by atoms with Gasteiger partial charge in [0.1, 0.15) is 5.75 Å². The van der Waals surface area contributed by atoms with Gasteiger partial charge in [-0.25, -0.2) is 13.1 Å². The number of fused-ring (bicyclic) bond motifs is 4. The van der Waals surface area contributed by atoms with Gasteiger partial charge in [-0.3, -0.25) is 4.79 Å². The normalized spacial score (nSPS) is 29.6. The van der Waals surface area contributed by atoms with Crippen molar-refractivity contribution in [3.63, 3.8) is 0 Å². The largest absolute Gasteiger partial charge is 0.508 e. The van der Waals surface area contributed by atoms with Crippen LogP contribution in [0.4, 0.5) is 0 Å². The first-order valence-electron chi connectivity index (χ1n) is 12.7. The molecule has 1 saturated carbocycles. The average molecular weight is 497 g/mol. The van der Waals surface area contributed by atoms with Gasteiger partial charge < -0.3 is 10.0 Å². The Hall–Kier alpha value is -2.38. The minimum absolute atomic E-state index is 0.00254. The summed E-state index contributed by atoms with van der Waals surface area (Å²) in [6.45, 7) is 9.25. The van der Waals surface area contributed by atoms with Crippen LogP contribution in [0.5, 0.6) is 5.75 Å². The fourth-order valence-electron chi connectivity index (χ4n) is 6.88. The van der Waals surface area contributed by atoms with Crippen LogP contribution >= 0.6 is 0 Å². The SMILES string of the molecule is Cc1ccccc1S(=O)(=O)NC1CC[C@@H](C(=O)N2CC[C@@]3(C)c4cccc(O)c4C[C@@H]2C3(C)C)C1. The van der Waals surface area contributed by atoms with Crippen LogP contribution in [0.3, 0.4) is 0 Å². The average Bonchev–Trinajstić information content (AvgIpc) is 3.24. The number of benzene rings is 2. The van der Waals surface area contributed by atoms with E-state index in [-0.39, 0.29) is 34.7 Å². The van der Waals surface area contributed by atoms with Crippen LogP contribution in [0.25, 0.3) is 0 Å². The number of nitrogens with zero attached hydrogens (tertiary/aromatic N) is 1. The van der Waals surface area contributed by atoms with Crippen LogP contribution in [0, 0.1) is 18.3 Å². The van der Waals surface area contributed by atoms with Crippen LogP contribution in [-0.2, 0) is 26.7 Å². The van der Waals surface area contributed by atoms with Gasteiger partial charge >= 0.3 is 0 Å². The number of piperidine rings is 1. The van der Waals surface area contributed by atoms with Gasteiger partial charge in [0, 0.05) is 30.0 Å². The molecular formula is C28H36N2O4S. The number of hydrogen-bond acceptors (Lipinski definition) is 4. The number of rotatable bonds is 4. The summed E-state index contributed by atoms with van der Waals surface area (Å²) in [5.74, 6) is 0.252. The molecule has 2 fully saturated rings. The summed E-state index contributed by atoms with van der Waals surface area (Å²) in [6, 6.07) is 12.5. The number of aryl methyl sites for hydroxylation is 1. The lowest BCUT2D eigenvalue weighted by molar-refractivity contribution is -0.148. The fourth-order valence-corrected chi connectivity index (χ4v) is 8.41. The maximum absolute atomic E-state index is 13.8. The highest BCUT2D eigenvalue weighted by molar-refractivity contribution is 7.89. The van der Waals surface area contributed by atoms with Crippen molar-refractivity contribution in [3.8, 4) is 5.75 Å². The number of phenols is 1.